The van der Waals surface area contributed by atoms with Crippen LogP contribution in [0.3, 0.4) is 0 Å². The Hall–Kier alpha value is -3.80. The number of halogens is 1. The van der Waals surface area contributed by atoms with Crippen LogP contribution in [-0.4, -0.2) is 75.5 Å². The van der Waals surface area contributed by atoms with Crippen LogP contribution in [0.5, 0.6) is 5.75 Å². The van der Waals surface area contributed by atoms with Gasteiger partial charge in [-0.3, -0.25) is 23.7 Å². The summed E-state index contributed by atoms with van der Waals surface area (Å²) >= 11 is 0. The Bertz CT molecular complexity index is 1250. The maximum atomic E-state index is 13.2. The molecule has 2 bridgehead atoms. The van der Waals surface area contributed by atoms with E-state index in [9.17, 15) is 28.7 Å². The lowest BCUT2D eigenvalue weighted by Gasteiger charge is -2.44. The number of rotatable bonds is 5. The summed E-state index contributed by atoms with van der Waals surface area (Å²) in [5.41, 5.74) is -2.02. The van der Waals surface area contributed by atoms with Gasteiger partial charge in [-0.15, -0.1) is 0 Å². The summed E-state index contributed by atoms with van der Waals surface area (Å²) in [6, 6.07) is 5.48. The van der Waals surface area contributed by atoms with E-state index in [1.807, 2.05) is 0 Å². The molecule has 2 N–H and O–H groups in total. The predicted octanol–water partition coefficient (Wildman–Crippen LogP) is 0.343. The fourth-order valence-corrected chi connectivity index (χ4v) is 4.71. The first-order valence-electron chi connectivity index (χ1n) is 11.6. The van der Waals surface area contributed by atoms with Gasteiger partial charge in [0.15, 0.2) is 5.69 Å². The Kier molecular flexibility index (Phi) is 6.81. The van der Waals surface area contributed by atoms with Crippen molar-refractivity contribution in [3.05, 3.63) is 57.5 Å². The Labute approximate surface area is 206 Å². The molecule has 0 saturated carbocycles. The summed E-state index contributed by atoms with van der Waals surface area (Å²) in [5.74, 6) is -3.52. The second-order valence-corrected chi connectivity index (χ2v) is 9.11. The molecular weight excluding hydrogens is 473 g/mol. The molecule has 5 rings (SSSR count). The van der Waals surface area contributed by atoms with Crippen LogP contribution >= 0.6 is 0 Å². The highest BCUT2D eigenvalue weighted by Gasteiger charge is 2.52. The van der Waals surface area contributed by atoms with E-state index >= 15 is 0 Å². The SMILES string of the molecule is CCN(C(=O)C(=O)N(C)C)C12CCC(Cn3c1nc(C(=O)NCc1ccc(F)cc1)c(O)c3=O)OC2. The van der Waals surface area contributed by atoms with E-state index in [2.05, 4.69) is 10.3 Å². The first kappa shape index (κ1) is 25.3. The number of nitrogens with one attached hydrogen (secondary N) is 1. The molecule has 2 aromatic rings. The molecule has 1 aromatic carbocycles. The molecular formula is C24H28FN5O6. The molecule has 4 heterocycles. The van der Waals surface area contributed by atoms with Crippen LogP contribution < -0.4 is 10.9 Å². The van der Waals surface area contributed by atoms with Crippen molar-refractivity contribution in [2.24, 2.45) is 0 Å². The number of carbonyl (C=O) groups is 3. The summed E-state index contributed by atoms with van der Waals surface area (Å²) in [7, 11) is 2.93. The number of likely N-dealkylation sites (N-methyl/N-ethyl adjacent to an activating group) is 2. The molecule has 0 radical (unpaired) electrons. The Balaban J connectivity index is 1.77. The molecule has 2 atom stereocenters. The monoisotopic (exact) mass is 501 g/mol. The number of amides is 3. The van der Waals surface area contributed by atoms with Gasteiger partial charge in [0, 0.05) is 27.2 Å². The van der Waals surface area contributed by atoms with Gasteiger partial charge in [0.05, 0.1) is 19.3 Å². The lowest BCUT2D eigenvalue weighted by Crippen LogP contribution is -2.58. The van der Waals surface area contributed by atoms with E-state index in [-0.39, 0.29) is 38.2 Å². The normalized spacial score (nSPS) is 20.3. The highest BCUT2D eigenvalue weighted by molar-refractivity contribution is 6.34. The number of ether oxygens (including phenoxy) is 1. The molecule has 2 unspecified atom stereocenters. The van der Waals surface area contributed by atoms with Crippen molar-refractivity contribution >= 4 is 17.7 Å². The summed E-state index contributed by atoms with van der Waals surface area (Å²) in [6.07, 6.45) is 0.483. The summed E-state index contributed by atoms with van der Waals surface area (Å²) in [5, 5.41) is 13.2. The smallest absolute Gasteiger partial charge is 0.312 e. The maximum absolute atomic E-state index is 13.2. The highest BCUT2D eigenvalue weighted by atomic mass is 19.1. The van der Waals surface area contributed by atoms with Crippen molar-refractivity contribution in [3.63, 3.8) is 0 Å². The first-order chi connectivity index (χ1) is 17.1. The molecule has 1 aromatic heterocycles. The lowest BCUT2D eigenvalue weighted by molar-refractivity contribution is -0.161. The minimum Gasteiger partial charge on any atom is -0.501 e. The van der Waals surface area contributed by atoms with Gasteiger partial charge in [0.25, 0.3) is 11.5 Å². The highest BCUT2D eigenvalue weighted by Crippen LogP contribution is 2.41. The number of hydrogen-bond donors (Lipinski definition) is 2. The van der Waals surface area contributed by atoms with Gasteiger partial charge in [0.2, 0.25) is 5.75 Å². The summed E-state index contributed by atoms with van der Waals surface area (Å²) < 4.78 is 20.3. The predicted molar refractivity (Wildman–Crippen MR) is 124 cm³/mol. The van der Waals surface area contributed by atoms with Crippen molar-refractivity contribution in [2.45, 2.75) is 44.5 Å². The number of fused-ring (bicyclic) bond motifs is 2. The first-order valence-corrected chi connectivity index (χ1v) is 11.6. The van der Waals surface area contributed by atoms with E-state index in [1.165, 1.54) is 47.8 Å². The van der Waals surface area contributed by atoms with E-state index < -0.39 is 46.1 Å². The second-order valence-electron chi connectivity index (χ2n) is 9.11. The third kappa shape index (κ3) is 4.32. The van der Waals surface area contributed by atoms with Crippen LogP contribution in [0.4, 0.5) is 4.39 Å². The minimum atomic E-state index is -1.29. The third-order valence-corrected chi connectivity index (χ3v) is 6.63. The van der Waals surface area contributed by atoms with Gasteiger partial charge in [0.1, 0.15) is 17.2 Å². The molecule has 0 spiro atoms. The topological polar surface area (TPSA) is 134 Å². The van der Waals surface area contributed by atoms with Crippen molar-refractivity contribution in [2.75, 3.05) is 27.2 Å². The molecule has 192 valence electrons. The van der Waals surface area contributed by atoms with Crippen LogP contribution in [-0.2, 0) is 33.0 Å². The van der Waals surface area contributed by atoms with Crippen LogP contribution in [0.1, 0.15) is 41.6 Å². The molecule has 1 fully saturated rings. The van der Waals surface area contributed by atoms with Crippen molar-refractivity contribution in [3.8, 4) is 5.75 Å². The minimum absolute atomic E-state index is 0.00584. The Morgan fingerprint density at radius 1 is 1.25 bits per heavy atom. The Morgan fingerprint density at radius 2 is 1.94 bits per heavy atom. The van der Waals surface area contributed by atoms with Crippen LogP contribution in [0.2, 0.25) is 0 Å². The lowest BCUT2D eigenvalue weighted by atomic mass is 9.87. The van der Waals surface area contributed by atoms with Crippen LogP contribution in [0, 0.1) is 5.82 Å². The quantitative estimate of drug-likeness (QED) is 0.565. The van der Waals surface area contributed by atoms with E-state index in [1.54, 1.807) is 6.92 Å². The maximum Gasteiger partial charge on any atom is 0.312 e. The van der Waals surface area contributed by atoms with Crippen molar-refractivity contribution in [1.82, 2.24) is 24.7 Å². The number of benzene rings is 1. The zero-order valence-electron chi connectivity index (χ0n) is 20.3. The number of nitrogens with zero attached hydrogens (tertiary/aromatic N) is 4. The average molecular weight is 502 g/mol. The molecule has 3 amide bonds. The fourth-order valence-electron chi connectivity index (χ4n) is 4.71. The van der Waals surface area contributed by atoms with Gasteiger partial charge in [-0.1, -0.05) is 12.1 Å². The van der Waals surface area contributed by atoms with E-state index in [0.29, 0.717) is 18.4 Å². The fraction of sp³-hybridized carbons (Fsp3) is 0.458. The zero-order valence-corrected chi connectivity index (χ0v) is 20.3. The molecule has 12 heteroatoms. The molecule has 11 nitrogen and oxygen atoms in total. The molecule has 36 heavy (non-hydrogen) atoms. The van der Waals surface area contributed by atoms with Gasteiger partial charge in [-0.05, 0) is 37.5 Å². The molecule has 1 saturated heterocycles. The van der Waals surface area contributed by atoms with Crippen molar-refractivity contribution < 1.29 is 28.6 Å². The van der Waals surface area contributed by atoms with Crippen molar-refractivity contribution in [1.29, 1.82) is 0 Å². The summed E-state index contributed by atoms with van der Waals surface area (Å²) in [6.45, 7) is 1.89. The average Bonchev–Trinajstić information content (AvgIpc) is 3.12. The van der Waals surface area contributed by atoms with Crippen LogP contribution in [0.15, 0.2) is 29.1 Å². The number of carbonyl (C=O) groups excluding carboxylic acids is 3. The molecule has 3 aliphatic rings. The number of hydrogen-bond acceptors (Lipinski definition) is 7. The van der Waals surface area contributed by atoms with Gasteiger partial charge < -0.3 is 25.0 Å². The second kappa shape index (κ2) is 9.69. The van der Waals surface area contributed by atoms with Gasteiger partial charge in [-0.25, -0.2) is 9.37 Å². The Morgan fingerprint density at radius 3 is 2.53 bits per heavy atom. The summed E-state index contributed by atoms with van der Waals surface area (Å²) in [4.78, 5) is 58.8. The molecule has 0 aliphatic carbocycles. The molecule has 3 aliphatic heterocycles. The van der Waals surface area contributed by atoms with Gasteiger partial charge >= 0.3 is 11.8 Å². The van der Waals surface area contributed by atoms with Crippen LogP contribution in [0.25, 0.3) is 0 Å². The standard InChI is InChI=1S/C24H28FN5O6/c1-4-30(22(35)21(34)28(2)3)24-10-9-16(36-13-24)12-29-20(33)18(31)17(27-23(24)29)19(32)26-11-14-5-7-15(25)8-6-14/h5-8,16,31H,4,9-13H2,1-3H3,(H,26,32). The third-order valence-electron chi connectivity index (χ3n) is 6.63. The van der Waals surface area contributed by atoms with Gasteiger partial charge in [-0.2, -0.15) is 0 Å². The van der Waals surface area contributed by atoms with E-state index in [0.717, 1.165) is 4.90 Å². The zero-order chi connectivity index (χ0) is 26.2. The van der Waals surface area contributed by atoms with E-state index in [4.69, 9.17) is 4.74 Å². The number of aromatic nitrogens is 2. The largest absolute Gasteiger partial charge is 0.501 e. The number of aromatic hydroxyl groups is 1.